The molecule has 0 radical (unpaired) electrons. The molecule has 1 aliphatic heterocycles. The second-order valence-corrected chi connectivity index (χ2v) is 5.16. The van der Waals surface area contributed by atoms with Crippen molar-refractivity contribution in [2.75, 3.05) is 11.4 Å². The highest BCUT2D eigenvalue weighted by atomic mass is 19.2. The number of fused-ring (bicyclic) bond motifs is 1. The van der Waals surface area contributed by atoms with Crippen molar-refractivity contribution < 1.29 is 26.7 Å². The Bertz CT molecular complexity index is 806. The minimum absolute atomic E-state index is 0.0479. The predicted octanol–water partition coefficient (Wildman–Crippen LogP) is 3.98. The van der Waals surface area contributed by atoms with Gasteiger partial charge in [0.15, 0.2) is 23.3 Å². The van der Waals surface area contributed by atoms with Crippen LogP contribution in [0.15, 0.2) is 24.3 Å². The number of aryl methyl sites for hydroxylation is 1. The smallest absolute Gasteiger partial charge is 0.261 e. The van der Waals surface area contributed by atoms with Crippen LogP contribution in [-0.2, 0) is 6.42 Å². The molecule has 0 aliphatic carbocycles. The summed E-state index contributed by atoms with van der Waals surface area (Å²) in [5.41, 5.74) is -0.487. The summed E-state index contributed by atoms with van der Waals surface area (Å²) in [7, 11) is 0. The molecule has 1 aliphatic rings. The number of nitrogens with zero attached hydrogens (tertiary/aromatic N) is 1. The van der Waals surface area contributed by atoms with Gasteiger partial charge < -0.3 is 4.90 Å². The van der Waals surface area contributed by atoms with Crippen molar-refractivity contribution in [3.63, 3.8) is 0 Å². The van der Waals surface area contributed by atoms with E-state index in [1.807, 2.05) is 0 Å². The van der Waals surface area contributed by atoms with E-state index in [-0.39, 0.29) is 18.3 Å². The van der Waals surface area contributed by atoms with Gasteiger partial charge in [0.25, 0.3) is 5.91 Å². The first-order valence-corrected chi connectivity index (χ1v) is 6.84. The SMILES string of the molecule is O=C(c1cc(F)c(F)c(F)c1F)N1CCCc2cccc(F)c21. The zero-order valence-electron chi connectivity index (χ0n) is 11.7. The molecule has 2 aromatic rings. The van der Waals surface area contributed by atoms with Crippen molar-refractivity contribution in [1.29, 1.82) is 0 Å². The zero-order chi connectivity index (χ0) is 16.7. The molecular weight excluding hydrogens is 317 g/mol. The summed E-state index contributed by atoms with van der Waals surface area (Å²) < 4.78 is 67.4. The van der Waals surface area contributed by atoms with Gasteiger partial charge in [0.1, 0.15) is 5.82 Å². The van der Waals surface area contributed by atoms with Gasteiger partial charge in [-0.05, 0) is 30.5 Å². The summed E-state index contributed by atoms with van der Waals surface area (Å²) in [6.45, 7) is 0.0623. The molecule has 0 N–H and O–H groups in total. The van der Waals surface area contributed by atoms with Crippen LogP contribution in [0.3, 0.4) is 0 Å². The minimum atomic E-state index is -2.07. The molecule has 1 heterocycles. The van der Waals surface area contributed by atoms with Gasteiger partial charge in [-0.2, -0.15) is 0 Å². The molecule has 0 unspecified atom stereocenters. The standard InChI is InChI=1S/C16H10F5NO/c17-10-5-1-3-8-4-2-6-22(15(8)10)16(23)9-7-11(18)13(20)14(21)12(9)19/h1,3,5,7H,2,4,6H2. The number of hydrogen-bond acceptors (Lipinski definition) is 1. The summed E-state index contributed by atoms with van der Waals surface area (Å²) in [5, 5.41) is 0. The first-order chi connectivity index (χ1) is 10.9. The van der Waals surface area contributed by atoms with Crippen LogP contribution < -0.4 is 4.90 Å². The molecular formula is C16H10F5NO. The maximum atomic E-state index is 14.0. The number of carbonyl (C=O) groups excluding carboxylic acids is 1. The Morgan fingerprint density at radius 2 is 1.70 bits per heavy atom. The molecule has 0 saturated heterocycles. The van der Waals surface area contributed by atoms with E-state index in [9.17, 15) is 26.7 Å². The highest BCUT2D eigenvalue weighted by Crippen LogP contribution is 2.32. The molecule has 0 atom stereocenters. The summed E-state index contributed by atoms with van der Waals surface area (Å²) in [5.74, 6) is -9.36. The summed E-state index contributed by atoms with van der Waals surface area (Å²) >= 11 is 0. The van der Waals surface area contributed by atoms with Crippen LogP contribution in [-0.4, -0.2) is 12.5 Å². The van der Waals surface area contributed by atoms with Gasteiger partial charge in [0, 0.05) is 6.54 Å². The number of anilines is 1. The van der Waals surface area contributed by atoms with Gasteiger partial charge in [-0.1, -0.05) is 12.1 Å². The Balaban J connectivity index is 2.11. The molecule has 2 aromatic carbocycles. The number of hydrogen-bond donors (Lipinski definition) is 0. The fraction of sp³-hybridized carbons (Fsp3) is 0.188. The van der Waals surface area contributed by atoms with Crippen LogP contribution in [0.25, 0.3) is 0 Å². The average Bonchev–Trinajstić information content (AvgIpc) is 2.55. The van der Waals surface area contributed by atoms with Gasteiger partial charge in [-0.25, -0.2) is 22.0 Å². The van der Waals surface area contributed by atoms with Crippen molar-refractivity contribution in [1.82, 2.24) is 0 Å². The molecule has 7 heteroatoms. The van der Waals surface area contributed by atoms with E-state index in [0.717, 1.165) is 11.0 Å². The zero-order valence-corrected chi connectivity index (χ0v) is 11.7. The summed E-state index contributed by atoms with van der Waals surface area (Å²) in [4.78, 5) is 13.3. The van der Waals surface area contributed by atoms with E-state index < -0.39 is 40.6 Å². The molecule has 0 bridgehead atoms. The van der Waals surface area contributed by atoms with Gasteiger partial charge in [0.05, 0.1) is 11.3 Å². The number of amides is 1. The Morgan fingerprint density at radius 1 is 0.957 bits per heavy atom. The van der Waals surface area contributed by atoms with E-state index in [1.54, 1.807) is 6.07 Å². The lowest BCUT2D eigenvalue weighted by Gasteiger charge is -2.30. The largest absolute Gasteiger partial charge is 0.305 e. The van der Waals surface area contributed by atoms with Crippen LogP contribution in [0.5, 0.6) is 0 Å². The average molecular weight is 327 g/mol. The van der Waals surface area contributed by atoms with Gasteiger partial charge >= 0.3 is 0 Å². The van der Waals surface area contributed by atoms with Crippen molar-refractivity contribution in [3.8, 4) is 0 Å². The van der Waals surface area contributed by atoms with Crippen molar-refractivity contribution in [3.05, 3.63) is 64.5 Å². The van der Waals surface area contributed by atoms with Crippen molar-refractivity contribution in [2.45, 2.75) is 12.8 Å². The second-order valence-electron chi connectivity index (χ2n) is 5.16. The topological polar surface area (TPSA) is 20.3 Å². The van der Waals surface area contributed by atoms with Crippen molar-refractivity contribution in [2.24, 2.45) is 0 Å². The maximum Gasteiger partial charge on any atom is 0.261 e. The second kappa shape index (κ2) is 5.64. The predicted molar refractivity (Wildman–Crippen MR) is 72.7 cm³/mol. The van der Waals surface area contributed by atoms with Crippen LogP contribution in [0.2, 0.25) is 0 Å². The Morgan fingerprint density at radius 3 is 2.43 bits per heavy atom. The lowest BCUT2D eigenvalue weighted by molar-refractivity contribution is 0.0978. The Hall–Kier alpha value is -2.44. The highest BCUT2D eigenvalue weighted by Gasteiger charge is 2.30. The van der Waals surface area contributed by atoms with Crippen LogP contribution in [0.1, 0.15) is 22.3 Å². The monoisotopic (exact) mass is 327 g/mol. The maximum absolute atomic E-state index is 14.0. The fourth-order valence-electron chi connectivity index (χ4n) is 2.68. The molecule has 0 aromatic heterocycles. The lowest BCUT2D eigenvalue weighted by atomic mass is 10.00. The number of rotatable bonds is 1. The molecule has 0 spiro atoms. The number of para-hydroxylation sites is 1. The van der Waals surface area contributed by atoms with Gasteiger partial charge in [0.2, 0.25) is 0 Å². The van der Waals surface area contributed by atoms with Crippen LogP contribution >= 0.6 is 0 Å². The first-order valence-electron chi connectivity index (χ1n) is 6.84. The summed E-state index contributed by atoms with van der Waals surface area (Å²) in [6, 6.07) is 4.50. The third-order valence-electron chi connectivity index (χ3n) is 3.75. The third-order valence-corrected chi connectivity index (χ3v) is 3.75. The van der Waals surface area contributed by atoms with E-state index in [1.165, 1.54) is 6.07 Å². The minimum Gasteiger partial charge on any atom is -0.305 e. The first kappa shape index (κ1) is 15.5. The van der Waals surface area contributed by atoms with E-state index >= 15 is 0 Å². The van der Waals surface area contributed by atoms with E-state index in [0.29, 0.717) is 18.4 Å². The molecule has 1 amide bonds. The van der Waals surface area contributed by atoms with Crippen LogP contribution in [0, 0.1) is 29.1 Å². The normalized spacial score (nSPS) is 13.9. The third kappa shape index (κ3) is 2.46. The highest BCUT2D eigenvalue weighted by molar-refractivity contribution is 6.07. The fourth-order valence-corrected chi connectivity index (χ4v) is 2.68. The molecule has 23 heavy (non-hydrogen) atoms. The molecule has 0 saturated carbocycles. The number of benzene rings is 2. The van der Waals surface area contributed by atoms with Crippen LogP contribution in [0.4, 0.5) is 27.6 Å². The molecule has 2 nitrogen and oxygen atoms in total. The van der Waals surface area contributed by atoms with E-state index in [4.69, 9.17) is 0 Å². The quantitative estimate of drug-likeness (QED) is 0.441. The summed E-state index contributed by atoms with van der Waals surface area (Å²) in [6.07, 6.45) is 1.00. The lowest BCUT2D eigenvalue weighted by Crippen LogP contribution is -2.37. The number of halogens is 5. The molecule has 0 fully saturated rings. The van der Waals surface area contributed by atoms with Crippen molar-refractivity contribution >= 4 is 11.6 Å². The molecule has 3 rings (SSSR count). The van der Waals surface area contributed by atoms with Gasteiger partial charge in [-0.3, -0.25) is 4.79 Å². The Labute approximate surface area is 128 Å². The molecule has 120 valence electrons. The Kier molecular flexibility index (Phi) is 3.79. The number of carbonyl (C=O) groups is 1. The van der Waals surface area contributed by atoms with Gasteiger partial charge in [-0.15, -0.1) is 0 Å². The van der Waals surface area contributed by atoms with E-state index in [2.05, 4.69) is 0 Å².